The van der Waals surface area contributed by atoms with E-state index in [1.807, 2.05) is 13.0 Å². The van der Waals surface area contributed by atoms with E-state index in [4.69, 9.17) is 17.0 Å². The van der Waals surface area contributed by atoms with Crippen molar-refractivity contribution < 1.29 is 9.84 Å². The van der Waals surface area contributed by atoms with Gasteiger partial charge >= 0.3 is 0 Å². The summed E-state index contributed by atoms with van der Waals surface area (Å²) in [5, 5.41) is 13.4. The van der Waals surface area contributed by atoms with Gasteiger partial charge < -0.3 is 9.84 Å². The maximum atomic E-state index is 9.40. The first-order valence-electron chi connectivity index (χ1n) is 4.48. The Kier molecular flexibility index (Phi) is 4.56. The van der Waals surface area contributed by atoms with E-state index >= 15 is 0 Å². The van der Waals surface area contributed by atoms with Crippen molar-refractivity contribution in [3.63, 3.8) is 0 Å². The first-order chi connectivity index (χ1) is 7.24. The zero-order chi connectivity index (χ0) is 11.1. The summed E-state index contributed by atoms with van der Waals surface area (Å²) in [5.74, 6) is 0.172. The zero-order valence-corrected chi connectivity index (χ0v) is 9.12. The molecule has 0 amide bonds. The molecule has 0 aliphatic heterocycles. The monoisotopic (exact) mass is 224 g/mol. The highest BCUT2D eigenvalue weighted by Crippen LogP contribution is 2.12. The van der Waals surface area contributed by atoms with Crippen molar-refractivity contribution in [3.05, 3.63) is 29.8 Å². The molecule has 1 rings (SSSR count). The molecule has 0 radical (unpaired) electrons. The number of phenols is 1. The summed E-state index contributed by atoms with van der Waals surface area (Å²) in [5.41, 5.74) is 3.14. The smallest absolute Gasteiger partial charge is 0.277 e. The molecule has 0 aliphatic carbocycles. The normalized spacial score (nSPS) is 10.2. The summed E-state index contributed by atoms with van der Waals surface area (Å²) in [6, 6.07) is 6.87. The largest absolute Gasteiger partial charge is 0.507 e. The van der Waals surface area contributed by atoms with Crippen molar-refractivity contribution in [1.82, 2.24) is 5.43 Å². The molecule has 4 nitrogen and oxygen atoms in total. The van der Waals surface area contributed by atoms with E-state index in [2.05, 4.69) is 10.5 Å². The summed E-state index contributed by atoms with van der Waals surface area (Å²) >= 11 is 4.79. The Morgan fingerprint density at radius 1 is 1.60 bits per heavy atom. The number of thiocarbonyl (C=S) groups is 1. The number of aromatic hydroxyl groups is 1. The van der Waals surface area contributed by atoms with E-state index in [1.165, 1.54) is 6.21 Å². The highest BCUT2D eigenvalue weighted by atomic mass is 32.1. The van der Waals surface area contributed by atoms with Crippen LogP contribution in [0.5, 0.6) is 5.75 Å². The van der Waals surface area contributed by atoms with Crippen molar-refractivity contribution in [1.29, 1.82) is 0 Å². The number of hydrogen-bond donors (Lipinski definition) is 2. The second-order valence-electron chi connectivity index (χ2n) is 2.65. The summed E-state index contributed by atoms with van der Waals surface area (Å²) < 4.78 is 4.95. The van der Waals surface area contributed by atoms with Gasteiger partial charge in [0.1, 0.15) is 5.75 Å². The summed E-state index contributed by atoms with van der Waals surface area (Å²) in [7, 11) is 0. The molecule has 0 aliphatic rings. The van der Waals surface area contributed by atoms with Crippen LogP contribution in [-0.4, -0.2) is 23.1 Å². The minimum absolute atomic E-state index is 0.172. The molecular formula is C10H12N2O2S. The lowest BCUT2D eigenvalue weighted by Crippen LogP contribution is -2.18. The number of ether oxygens (including phenoxy) is 1. The van der Waals surface area contributed by atoms with Crippen LogP contribution in [0.3, 0.4) is 0 Å². The molecule has 15 heavy (non-hydrogen) atoms. The van der Waals surface area contributed by atoms with Gasteiger partial charge in [0.15, 0.2) is 0 Å². The highest BCUT2D eigenvalue weighted by Gasteiger charge is 1.95. The molecule has 1 aromatic rings. The number of para-hydroxylation sites is 1. The van der Waals surface area contributed by atoms with Crippen LogP contribution in [0.2, 0.25) is 0 Å². The second kappa shape index (κ2) is 5.98. The van der Waals surface area contributed by atoms with Crippen molar-refractivity contribution in [2.75, 3.05) is 6.61 Å². The predicted octanol–water partition coefficient (Wildman–Crippen LogP) is 1.64. The number of rotatable bonds is 3. The minimum atomic E-state index is 0.172. The molecule has 0 saturated carbocycles. The van der Waals surface area contributed by atoms with Gasteiger partial charge in [-0.3, -0.25) is 0 Å². The lowest BCUT2D eigenvalue weighted by Gasteiger charge is -2.02. The maximum Gasteiger partial charge on any atom is 0.277 e. The van der Waals surface area contributed by atoms with Gasteiger partial charge in [-0.25, -0.2) is 5.43 Å². The van der Waals surface area contributed by atoms with Crippen molar-refractivity contribution in [3.8, 4) is 5.75 Å². The van der Waals surface area contributed by atoms with Crippen LogP contribution in [0.15, 0.2) is 29.4 Å². The molecule has 0 saturated heterocycles. The Balaban J connectivity index is 2.52. The number of hydrazone groups is 1. The fraction of sp³-hybridized carbons (Fsp3) is 0.200. The third-order valence-corrected chi connectivity index (χ3v) is 1.78. The van der Waals surface area contributed by atoms with Crippen LogP contribution in [0.4, 0.5) is 0 Å². The van der Waals surface area contributed by atoms with Crippen molar-refractivity contribution in [2.24, 2.45) is 5.10 Å². The Morgan fingerprint density at radius 3 is 3.00 bits per heavy atom. The summed E-state index contributed by atoms with van der Waals surface area (Å²) in [6.07, 6.45) is 1.47. The Labute approximate surface area is 93.6 Å². The predicted molar refractivity (Wildman–Crippen MR) is 63.1 cm³/mol. The van der Waals surface area contributed by atoms with Gasteiger partial charge in [-0.15, -0.1) is 0 Å². The lowest BCUT2D eigenvalue weighted by atomic mass is 10.2. The summed E-state index contributed by atoms with van der Waals surface area (Å²) in [4.78, 5) is 0. The summed E-state index contributed by atoms with van der Waals surface area (Å²) in [6.45, 7) is 2.33. The number of benzene rings is 1. The van der Waals surface area contributed by atoms with Gasteiger partial charge in [-0.05, 0) is 31.3 Å². The van der Waals surface area contributed by atoms with Gasteiger partial charge in [-0.2, -0.15) is 5.10 Å². The Morgan fingerprint density at radius 2 is 2.33 bits per heavy atom. The Bertz CT molecular complexity index is 366. The highest BCUT2D eigenvalue weighted by molar-refractivity contribution is 7.80. The first-order valence-corrected chi connectivity index (χ1v) is 4.88. The number of hydrogen-bond acceptors (Lipinski definition) is 4. The molecular weight excluding hydrogens is 212 g/mol. The van der Waals surface area contributed by atoms with Crippen LogP contribution in [0, 0.1) is 0 Å². The van der Waals surface area contributed by atoms with Crippen LogP contribution >= 0.6 is 12.2 Å². The van der Waals surface area contributed by atoms with Crippen LogP contribution in [0.25, 0.3) is 0 Å². The fourth-order valence-corrected chi connectivity index (χ4v) is 1.09. The van der Waals surface area contributed by atoms with E-state index < -0.39 is 0 Å². The van der Waals surface area contributed by atoms with Crippen LogP contribution in [-0.2, 0) is 4.74 Å². The lowest BCUT2D eigenvalue weighted by molar-refractivity contribution is 0.321. The number of nitrogens with one attached hydrogen (secondary N) is 1. The van der Waals surface area contributed by atoms with E-state index in [1.54, 1.807) is 18.2 Å². The number of nitrogens with zero attached hydrogens (tertiary/aromatic N) is 1. The van der Waals surface area contributed by atoms with E-state index in [9.17, 15) is 5.11 Å². The average Bonchev–Trinajstić information content (AvgIpc) is 2.21. The molecule has 80 valence electrons. The third-order valence-electron chi connectivity index (χ3n) is 1.57. The molecule has 0 spiro atoms. The van der Waals surface area contributed by atoms with Gasteiger partial charge in [0.2, 0.25) is 0 Å². The average molecular weight is 224 g/mol. The molecule has 0 bridgehead atoms. The molecule has 0 atom stereocenters. The van der Waals surface area contributed by atoms with Gasteiger partial charge in [0.25, 0.3) is 5.17 Å². The molecule has 0 unspecified atom stereocenters. The quantitative estimate of drug-likeness (QED) is 0.465. The molecule has 1 aromatic carbocycles. The van der Waals surface area contributed by atoms with E-state index in [-0.39, 0.29) is 10.9 Å². The molecule has 0 heterocycles. The number of phenolic OH excluding ortho intramolecular Hbond substituents is 1. The standard InChI is InChI=1S/C10H12N2O2S/c1-2-14-10(15)12-11-7-8-5-3-4-6-9(8)13/h3-7,13H,2H2,1H3,(H,12,15). The van der Waals surface area contributed by atoms with Crippen LogP contribution < -0.4 is 5.43 Å². The van der Waals surface area contributed by atoms with Gasteiger partial charge in [0, 0.05) is 5.56 Å². The first kappa shape index (κ1) is 11.5. The third kappa shape index (κ3) is 3.95. The molecule has 2 N–H and O–H groups in total. The second-order valence-corrected chi connectivity index (χ2v) is 3.02. The molecule has 0 aromatic heterocycles. The topological polar surface area (TPSA) is 53.8 Å². The zero-order valence-electron chi connectivity index (χ0n) is 8.30. The fourth-order valence-electron chi connectivity index (χ4n) is 0.915. The van der Waals surface area contributed by atoms with Gasteiger partial charge in [0.05, 0.1) is 12.8 Å². The molecule has 5 heteroatoms. The van der Waals surface area contributed by atoms with Gasteiger partial charge in [-0.1, -0.05) is 12.1 Å². The maximum absolute atomic E-state index is 9.40. The minimum Gasteiger partial charge on any atom is -0.507 e. The van der Waals surface area contributed by atoms with Crippen molar-refractivity contribution >= 4 is 23.6 Å². The van der Waals surface area contributed by atoms with E-state index in [0.717, 1.165) is 0 Å². The van der Waals surface area contributed by atoms with Crippen LogP contribution in [0.1, 0.15) is 12.5 Å². The van der Waals surface area contributed by atoms with Crippen molar-refractivity contribution in [2.45, 2.75) is 6.92 Å². The van der Waals surface area contributed by atoms with E-state index in [0.29, 0.717) is 12.2 Å². The molecule has 0 fully saturated rings. The Hall–Kier alpha value is -1.62. The SMILES string of the molecule is CCOC(=S)NN=Cc1ccccc1O.